The van der Waals surface area contributed by atoms with E-state index in [2.05, 4.69) is 0 Å². The Morgan fingerprint density at radius 3 is 2.25 bits per heavy atom. The fourth-order valence-corrected chi connectivity index (χ4v) is 0.931. The van der Waals surface area contributed by atoms with Gasteiger partial charge in [0.25, 0.3) is 0 Å². The second-order valence-corrected chi connectivity index (χ2v) is 2.78. The molecule has 0 N–H and O–H groups in total. The van der Waals surface area contributed by atoms with Crippen LogP contribution in [-0.4, -0.2) is 6.18 Å². The Kier molecular flexibility index (Phi) is 5.85. The molecule has 0 rings (SSSR count). The average Bonchev–Trinajstić information content (AvgIpc) is 1.94. The second kappa shape index (κ2) is 6.09. The summed E-state index contributed by atoms with van der Waals surface area (Å²) >= 11 is 0. The highest BCUT2D eigenvalue weighted by molar-refractivity contribution is 4.76. The van der Waals surface area contributed by atoms with Crippen LogP contribution in [0.15, 0.2) is 12.2 Å². The van der Waals surface area contributed by atoms with E-state index < -0.39 is 12.6 Å². The quantitative estimate of drug-likeness (QED) is 0.442. The first kappa shape index (κ1) is 11.5. The number of unbranched alkanes of at least 4 members (excludes halogenated alkanes) is 3. The number of rotatable bonds is 5. The van der Waals surface area contributed by atoms with Crippen molar-refractivity contribution in [2.45, 2.75) is 45.2 Å². The molecule has 0 aromatic heterocycles. The largest absolute Gasteiger partial charge is 0.389 e. The van der Waals surface area contributed by atoms with Gasteiger partial charge in [-0.05, 0) is 26.2 Å². The Bertz CT molecular complexity index is 124. The predicted octanol–water partition coefficient (Wildman–Crippen LogP) is 4.08. The number of hydrogen-bond donors (Lipinski definition) is 0. The molecule has 12 heavy (non-hydrogen) atoms. The summed E-state index contributed by atoms with van der Waals surface area (Å²) in [7, 11) is 0. The molecule has 0 saturated heterocycles. The van der Waals surface area contributed by atoms with Crippen molar-refractivity contribution in [2.75, 3.05) is 0 Å². The van der Waals surface area contributed by atoms with Gasteiger partial charge in [0, 0.05) is 6.42 Å². The number of halogens is 3. The van der Waals surface area contributed by atoms with Crippen molar-refractivity contribution >= 4 is 0 Å². The van der Waals surface area contributed by atoms with Gasteiger partial charge in [0.2, 0.25) is 0 Å². The Morgan fingerprint density at radius 2 is 1.75 bits per heavy atom. The summed E-state index contributed by atoms with van der Waals surface area (Å²) < 4.78 is 34.9. The van der Waals surface area contributed by atoms with Crippen molar-refractivity contribution in [3.05, 3.63) is 12.2 Å². The molecule has 0 aromatic rings. The molecule has 0 amide bonds. The molecule has 0 aliphatic carbocycles. The molecule has 0 bridgehead atoms. The van der Waals surface area contributed by atoms with Crippen LogP contribution >= 0.6 is 0 Å². The lowest BCUT2D eigenvalue weighted by Crippen LogP contribution is -2.06. The van der Waals surface area contributed by atoms with Gasteiger partial charge in [0.1, 0.15) is 0 Å². The van der Waals surface area contributed by atoms with E-state index in [-0.39, 0.29) is 6.42 Å². The molecular formula is C9H15F3. The van der Waals surface area contributed by atoms with Crippen LogP contribution in [-0.2, 0) is 0 Å². The predicted molar refractivity (Wildman–Crippen MR) is 44.0 cm³/mol. The van der Waals surface area contributed by atoms with E-state index in [0.29, 0.717) is 6.42 Å². The minimum absolute atomic E-state index is 0.265. The third-order valence-electron chi connectivity index (χ3n) is 1.57. The molecule has 0 atom stereocenters. The molecule has 0 nitrogen and oxygen atoms in total. The van der Waals surface area contributed by atoms with Gasteiger partial charge >= 0.3 is 6.18 Å². The van der Waals surface area contributed by atoms with Crippen LogP contribution < -0.4 is 0 Å². The van der Waals surface area contributed by atoms with Crippen molar-refractivity contribution in [1.29, 1.82) is 0 Å². The van der Waals surface area contributed by atoms with Gasteiger partial charge in [0.05, 0.1) is 0 Å². The molecule has 3 heteroatoms. The third-order valence-corrected chi connectivity index (χ3v) is 1.57. The van der Waals surface area contributed by atoms with Crippen LogP contribution in [0.5, 0.6) is 0 Å². The minimum Gasteiger partial charge on any atom is -0.171 e. The summed E-state index contributed by atoms with van der Waals surface area (Å²) in [6, 6.07) is 0. The molecule has 0 heterocycles. The van der Waals surface area contributed by atoms with Crippen LogP contribution in [0.25, 0.3) is 0 Å². The zero-order valence-electron chi connectivity index (χ0n) is 7.32. The maximum atomic E-state index is 11.6. The molecule has 0 aromatic carbocycles. The summed E-state index contributed by atoms with van der Waals surface area (Å²) in [5, 5.41) is 0. The SMILES string of the molecule is C/C=C/CCCCCC(F)(F)F. The third kappa shape index (κ3) is 9.53. The van der Waals surface area contributed by atoms with Gasteiger partial charge in [-0.2, -0.15) is 13.2 Å². The topological polar surface area (TPSA) is 0 Å². The summed E-state index contributed by atoms with van der Waals surface area (Å²) in [6.07, 6.45) is 1.99. The summed E-state index contributed by atoms with van der Waals surface area (Å²) in [5.41, 5.74) is 0. The fourth-order valence-electron chi connectivity index (χ4n) is 0.931. The highest BCUT2D eigenvalue weighted by Gasteiger charge is 2.25. The van der Waals surface area contributed by atoms with Crippen LogP contribution in [0.3, 0.4) is 0 Å². The Morgan fingerprint density at radius 1 is 1.08 bits per heavy atom. The zero-order chi connectivity index (χ0) is 9.45. The highest BCUT2D eigenvalue weighted by Crippen LogP contribution is 2.22. The van der Waals surface area contributed by atoms with Gasteiger partial charge in [-0.25, -0.2) is 0 Å². The summed E-state index contributed by atoms with van der Waals surface area (Å²) in [5.74, 6) is 0. The molecule has 0 aliphatic heterocycles. The number of alkyl halides is 3. The van der Waals surface area contributed by atoms with Gasteiger partial charge in [0.15, 0.2) is 0 Å². The second-order valence-electron chi connectivity index (χ2n) is 2.78. The van der Waals surface area contributed by atoms with E-state index in [1.165, 1.54) is 0 Å². The number of allylic oxidation sites excluding steroid dienone is 2. The van der Waals surface area contributed by atoms with Crippen LogP contribution in [0, 0.1) is 0 Å². The Hall–Kier alpha value is -0.470. The minimum atomic E-state index is -3.97. The lowest BCUT2D eigenvalue weighted by atomic mass is 10.1. The van der Waals surface area contributed by atoms with Crippen LogP contribution in [0.1, 0.15) is 39.0 Å². The molecule has 0 spiro atoms. The van der Waals surface area contributed by atoms with Gasteiger partial charge < -0.3 is 0 Å². The average molecular weight is 180 g/mol. The molecule has 0 fully saturated rings. The van der Waals surface area contributed by atoms with E-state index in [0.717, 1.165) is 12.8 Å². The molecule has 0 radical (unpaired) electrons. The van der Waals surface area contributed by atoms with E-state index in [1.807, 2.05) is 19.1 Å². The first-order valence-electron chi connectivity index (χ1n) is 4.24. The lowest BCUT2D eigenvalue weighted by molar-refractivity contribution is -0.135. The van der Waals surface area contributed by atoms with Crippen LogP contribution in [0.4, 0.5) is 13.2 Å². The fraction of sp³-hybridized carbons (Fsp3) is 0.778. The first-order valence-corrected chi connectivity index (χ1v) is 4.24. The van der Waals surface area contributed by atoms with E-state index in [4.69, 9.17) is 0 Å². The van der Waals surface area contributed by atoms with E-state index >= 15 is 0 Å². The monoisotopic (exact) mass is 180 g/mol. The molecule has 0 unspecified atom stereocenters. The van der Waals surface area contributed by atoms with Gasteiger partial charge in [-0.15, -0.1) is 0 Å². The molecule has 0 aliphatic rings. The maximum absolute atomic E-state index is 11.6. The molecule has 72 valence electrons. The van der Waals surface area contributed by atoms with Crippen molar-refractivity contribution in [1.82, 2.24) is 0 Å². The van der Waals surface area contributed by atoms with Gasteiger partial charge in [-0.3, -0.25) is 0 Å². The van der Waals surface area contributed by atoms with Gasteiger partial charge in [-0.1, -0.05) is 18.6 Å². The number of hydrogen-bond acceptors (Lipinski definition) is 0. The molecule has 0 saturated carbocycles. The smallest absolute Gasteiger partial charge is 0.171 e. The van der Waals surface area contributed by atoms with Crippen LogP contribution in [0.2, 0.25) is 0 Å². The maximum Gasteiger partial charge on any atom is 0.389 e. The lowest BCUT2D eigenvalue weighted by Gasteiger charge is -2.04. The van der Waals surface area contributed by atoms with E-state index in [1.54, 1.807) is 0 Å². The Balaban J connectivity index is 3.11. The highest BCUT2D eigenvalue weighted by atomic mass is 19.4. The van der Waals surface area contributed by atoms with Crippen molar-refractivity contribution < 1.29 is 13.2 Å². The Labute approximate surface area is 71.5 Å². The molecular weight excluding hydrogens is 165 g/mol. The van der Waals surface area contributed by atoms with Crippen molar-refractivity contribution in [3.8, 4) is 0 Å². The standard InChI is InChI=1S/C9H15F3/c1-2-3-4-5-6-7-8-9(10,11)12/h2-3H,4-8H2,1H3/b3-2+. The van der Waals surface area contributed by atoms with E-state index in [9.17, 15) is 13.2 Å². The first-order chi connectivity index (χ1) is 5.56. The van der Waals surface area contributed by atoms with Crippen molar-refractivity contribution in [3.63, 3.8) is 0 Å². The zero-order valence-corrected chi connectivity index (χ0v) is 7.32. The summed E-state index contributed by atoms with van der Waals surface area (Å²) in [6.45, 7) is 1.91. The summed E-state index contributed by atoms with van der Waals surface area (Å²) in [4.78, 5) is 0. The van der Waals surface area contributed by atoms with Crippen molar-refractivity contribution in [2.24, 2.45) is 0 Å². The normalized spacial score (nSPS) is 12.7.